The van der Waals surface area contributed by atoms with Gasteiger partial charge in [-0.1, -0.05) is 42.5 Å². The van der Waals surface area contributed by atoms with Gasteiger partial charge in [0.25, 0.3) is 5.91 Å². The number of benzene rings is 3. The molecule has 3 aromatic rings. The Kier molecular flexibility index (Phi) is 8.71. The summed E-state index contributed by atoms with van der Waals surface area (Å²) in [6.07, 6.45) is 0.656. The molecule has 0 aliphatic heterocycles. The van der Waals surface area contributed by atoms with E-state index in [1.807, 2.05) is 54.6 Å². The smallest absolute Gasteiger partial charge is 0.251 e. The van der Waals surface area contributed by atoms with Crippen molar-refractivity contribution < 1.29 is 19.1 Å². The van der Waals surface area contributed by atoms with Crippen LogP contribution in [0.4, 0.5) is 5.69 Å². The number of hydrogen-bond acceptors (Lipinski definition) is 5. The lowest BCUT2D eigenvalue weighted by molar-refractivity contribution is -0.119. The normalized spacial score (nSPS) is 10.2. The zero-order valence-electron chi connectivity index (χ0n) is 18.9. The average molecular weight is 448 g/mol. The predicted molar refractivity (Wildman–Crippen MR) is 129 cm³/mol. The van der Waals surface area contributed by atoms with E-state index >= 15 is 0 Å². The van der Waals surface area contributed by atoms with Crippen LogP contribution in [-0.4, -0.2) is 39.1 Å². The lowest BCUT2D eigenvalue weighted by Crippen LogP contribution is -2.31. The molecule has 0 atom stereocenters. The molecule has 7 heteroatoms. The van der Waals surface area contributed by atoms with Gasteiger partial charge in [0.1, 0.15) is 6.61 Å². The highest BCUT2D eigenvalue weighted by Gasteiger charge is 2.08. The van der Waals surface area contributed by atoms with Crippen molar-refractivity contribution in [2.24, 2.45) is 0 Å². The molecule has 0 saturated carbocycles. The summed E-state index contributed by atoms with van der Waals surface area (Å²) in [6.45, 7) is 1.05. The number of carbonyl (C=O) groups is 2. The van der Waals surface area contributed by atoms with Crippen LogP contribution in [0.25, 0.3) is 0 Å². The van der Waals surface area contributed by atoms with Gasteiger partial charge in [-0.25, -0.2) is 0 Å². The van der Waals surface area contributed by atoms with Crippen molar-refractivity contribution in [3.8, 4) is 11.5 Å². The fraction of sp³-hybridized carbons (Fsp3) is 0.231. The lowest BCUT2D eigenvalue weighted by Gasteiger charge is -2.13. The van der Waals surface area contributed by atoms with Gasteiger partial charge in [-0.3, -0.25) is 9.59 Å². The number of amides is 2. The Labute approximate surface area is 194 Å². The Balaban J connectivity index is 1.47. The van der Waals surface area contributed by atoms with E-state index in [-0.39, 0.29) is 18.4 Å². The van der Waals surface area contributed by atoms with E-state index in [0.717, 1.165) is 11.1 Å². The lowest BCUT2D eigenvalue weighted by atomic mass is 10.1. The van der Waals surface area contributed by atoms with E-state index in [1.165, 1.54) is 0 Å². The van der Waals surface area contributed by atoms with E-state index in [4.69, 9.17) is 9.47 Å². The van der Waals surface area contributed by atoms with Gasteiger partial charge in [-0.15, -0.1) is 0 Å². The Hall–Kier alpha value is -4.00. The minimum atomic E-state index is -0.172. The van der Waals surface area contributed by atoms with E-state index in [1.54, 1.807) is 32.4 Å². The molecule has 0 heterocycles. The first-order chi connectivity index (χ1) is 16.1. The number of ether oxygens (including phenoxy) is 2. The van der Waals surface area contributed by atoms with Crippen LogP contribution in [0.5, 0.6) is 11.5 Å². The summed E-state index contributed by atoms with van der Waals surface area (Å²) in [7, 11) is 3.19. The third kappa shape index (κ3) is 7.28. The first-order valence-corrected chi connectivity index (χ1v) is 10.8. The Morgan fingerprint density at radius 2 is 1.70 bits per heavy atom. The second-order valence-corrected chi connectivity index (χ2v) is 7.37. The monoisotopic (exact) mass is 447 g/mol. The molecule has 3 rings (SSSR count). The van der Waals surface area contributed by atoms with Gasteiger partial charge in [0.05, 0.1) is 13.7 Å². The van der Waals surface area contributed by atoms with Crippen molar-refractivity contribution in [1.29, 1.82) is 0 Å². The molecular formula is C26H29N3O4. The van der Waals surface area contributed by atoms with Crippen LogP contribution in [0.15, 0.2) is 72.8 Å². The zero-order valence-corrected chi connectivity index (χ0v) is 18.9. The number of nitrogens with one attached hydrogen (secondary N) is 3. The molecule has 0 aliphatic rings. The van der Waals surface area contributed by atoms with Gasteiger partial charge in [-0.05, 0) is 47.9 Å². The fourth-order valence-corrected chi connectivity index (χ4v) is 3.23. The third-order valence-corrected chi connectivity index (χ3v) is 5.01. The molecule has 3 N–H and O–H groups in total. The molecular weight excluding hydrogens is 418 g/mol. The van der Waals surface area contributed by atoms with Crippen LogP contribution in [-0.2, 0) is 17.8 Å². The van der Waals surface area contributed by atoms with Crippen molar-refractivity contribution >= 4 is 17.5 Å². The summed E-state index contributed by atoms with van der Waals surface area (Å²) in [5.74, 6) is 1.04. The van der Waals surface area contributed by atoms with Gasteiger partial charge in [0.2, 0.25) is 5.91 Å². The molecule has 3 aromatic carbocycles. The SMILES string of the molecule is CNC(=O)c1cccc(NCC(=O)NCCc2ccc(OC)c(OCc3ccccc3)c2)c1. The van der Waals surface area contributed by atoms with Crippen LogP contribution in [0.3, 0.4) is 0 Å². The first-order valence-electron chi connectivity index (χ1n) is 10.8. The summed E-state index contributed by atoms with van der Waals surface area (Å²) in [5.41, 5.74) is 3.35. The average Bonchev–Trinajstić information content (AvgIpc) is 2.86. The molecule has 0 radical (unpaired) electrons. The molecule has 33 heavy (non-hydrogen) atoms. The molecule has 0 bridgehead atoms. The quantitative estimate of drug-likeness (QED) is 0.419. The fourth-order valence-electron chi connectivity index (χ4n) is 3.23. The maximum Gasteiger partial charge on any atom is 0.251 e. The molecule has 0 aliphatic carbocycles. The molecule has 0 fully saturated rings. The summed E-state index contributed by atoms with van der Waals surface area (Å²) in [4.78, 5) is 23.9. The number of anilines is 1. The maximum absolute atomic E-state index is 12.2. The molecule has 0 aromatic heterocycles. The van der Waals surface area contributed by atoms with Crippen molar-refractivity contribution in [1.82, 2.24) is 10.6 Å². The van der Waals surface area contributed by atoms with Crippen LogP contribution in [0.1, 0.15) is 21.5 Å². The number of methoxy groups -OCH3 is 1. The highest BCUT2D eigenvalue weighted by atomic mass is 16.5. The minimum absolute atomic E-state index is 0.116. The van der Waals surface area contributed by atoms with Gasteiger partial charge in [-0.2, -0.15) is 0 Å². The van der Waals surface area contributed by atoms with Crippen LogP contribution in [0, 0.1) is 0 Å². The number of rotatable bonds is 11. The second kappa shape index (κ2) is 12.1. The van der Waals surface area contributed by atoms with E-state index in [2.05, 4.69) is 16.0 Å². The molecule has 7 nitrogen and oxygen atoms in total. The largest absolute Gasteiger partial charge is 0.493 e. The molecule has 2 amide bonds. The van der Waals surface area contributed by atoms with Crippen LogP contribution >= 0.6 is 0 Å². The predicted octanol–water partition coefficient (Wildman–Crippen LogP) is 3.40. The molecule has 0 unspecified atom stereocenters. The highest BCUT2D eigenvalue weighted by Crippen LogP contribution is 2.29. The summed E-state index contributed by atoms with van der Waals surface area (Å²) < 4.78 is 11.4. The summed E-state index contributed by atoms with van der Waals surface area (Å²) in [5, 5.41) is 8.52. The Morgan fingerprint density at radius 1 is 0.879 bits per heavy atom. The third-order valence-electron chi connectivity index (χ3n) is 5.01. The van der Waals surface area contributed by atoms with Crippen LogP contribution < -0.4 is 25.4 Å². The van der Waals surface area contributed by atoms with Gasteiger partial charge >= 0.3 is 0 Å². The number of carbonyl (C=O) groups excluding carboxylic acids is 2. The van der Waals surface area contributed by atoms with E-state index < -0.39 is 0 Å². The second-order valence-electron chi connectivity index (χ2n) is 7.37. The van der Waals surface area contributed by atoms with Gasteiger partial charge < -0.3 is 25.4 Å². The van der Waals surface area contributed by atoms with Crippen LogP contribution in [0.2, 0.25) is 0 Å². The van der Waals surface area contributed by atoms with Crippen molar-refractivity contribution in [2.45, 2.75) is 13.0 Å². The highest BCUT2D eigenvalue weighted by molar-refractivity contribution is 5.95. The van der Waals surface area contributed by atoms with Gasteiger partial charge in [0, 0.05) is 24.8 Å². The summed E-state index contributed by atoms with van der Waals surface area (Å²) in [6, 6.07) is 22.7. The van der Waals surface area contributed by atoms with Gasteiger partial charge in [0.15, 0.2) is 11.5 Å². The number of hydrogen-bond donors (Lipinski definition) is 3. The standard InChI is InChI=1S/C26H29N3O4/c1-27-26(31)21-9-6-10-22(16-21)29-17-25(30)28-14-13-19-11-12-23(32-2)24(15-19)33-18-20-7-4-3-5-8-20/h3-12,15-16,29H,13-14,17-18H2,1-2H3,(H,27,31)(H,28,30). The summed E-state index contributed by atoms with van der Waals surface area (Å²) >= 11 is 0. The van der Waals surface area contributed by atoms with Crippen molar-refractivity contribution in [3.05, 3.63) is 89.5 Å². The minimum Gasteiger partial charge on any atom is -0.493 e. The zero-order chi connectivity index (χ0) is 23.5. The molecule has 0 saturated heterocycles. The first kappa shape index (κ1) is 23.7. The Bertz CT molecular complexity index is 1070. The molecule has 172 valence electrons. The topological polar surface area (TPSA) is 88.7 Å². The maximum atomic E-state index is 12.2. The van der Waals surface area contributed by atoms with Crippen molar-refractivity contribution in [3.63, 3.8) is 0 Å². The van der Waals surface area contributed by atoms with E-state index in [9.17, 15) is 9.59 Å². The van der Waals surface area contributed by atoms with E-state index in [0.29, 0.717) is 42.3 Å². The van der Waals surface area contributed by atoms with Crippen molar-refractivity contribution in [2.75, 3.05) is 32.6 Å². The molecule has 0 spiro atoms. The Morgan fingerprint density at radius 3 is 2.45 bits per heavy atom.